The number of likely N-dealkylation sites (tertiary alicyclic amines) is 1. The van der Waals surface area contributed by atoms with E-state index in [-0.39, 0.29) is 18.7 Å². The molecule has 1 aliphatic rings. The number of aliphatic hydroxyl groups is 1. The van der Waals surface area contributed by atoms with Gasteiger partial charge in [0.15, 0.2) is 0 Å². The van der Waals surface area contributed by atoms with Gasteiger partial charge in [-0.2, -0.15) is 0 Å². The molecule has 1 fully saturated rings. The average molecular weight is 280 g/mol. The minimum Gasteiger partial charge on any atom is -0.508 e. The van der Waals surface area contributed by atoms with Crippen LogP contribution in [0.25, 0.3) is 0 Å². The Kier molecular flexibility index (Phi) is 3.80. The first-order chi connectivity index (χ1) is 9.40. The molecule has 1 heterocycles. The van der Waals surface area contributed by atoms with E-state index in [9.17, 15) is 19.8 Å². The first-order valence-corrected chi connectivity index (χ1v) is 6.14. The van der Waals surface area contributed by atoms with Crippen LogP contribution in [0.4, 0.5) is 10.5 Å². The second kappa shape index (κ2) is 5.38. The van der Waals surface area contributed by atoms with E-state index < -0.39 is 24.1 Å². The van der Waals surface area contributed by atoms with E-state index in [4.69, 9.17) is 5.11 Å². The number of benzene rings is 1. The van der Waals surface area contributed by atoms with Gasteiger partial charge < -0.3 is 20.2 Å². The Bertz CT molecular complexity index is 516. The maximum Gasteiger partial charge on any atom is 0.326 e. The van der Waals surface area contributed by atoms with Crippen LogP contribution in [0.1, 0.15) is 6.42 Å². The third-order valence-electron chi connectivity index (χ3n) is 3.33. The average Bonchev–Trinajstić information content (AvgIpc) is 2.80. The molecule has 3 N–H and O–H groups in total. The normalized spacial score (nSPS) is 21.8. The number of carbonyl (C=O) groups excluding carboxylic acids is 1. The standard InChI is InChI=1S/C13H16N2O5/c1-14(8-2-4-9(16)5-3-8)13(20)15-7-10(17)6-11(15)12(18)19/h2-5,10-11,16-17H,6-7H2,1H3,(H,18,19)/t10-,11+/m1/s1. The number of phenols is 1. The third kappa shape index (κ3) is 2.67. The van der Waals surface area contributed by atoms with Crippen LogP contribution in [-0.2, 0) is 4.79 Å². The summed E-state index contributed by atoms with van der Waals surface area (Å²) in [4.78, 5) is 25.8. The molecule has 108 valence electrons. The van der Waals surface area contributed by atoms with Crippen LogP contribution in [0.2, 0.25) is 0 Å². The summed E-state index contributed by atoms with van der Waals surface area (Å²) in [5.41, 5.74) is 0.526. The Morgan fingerprint density at radius 1 is 1.30 bits per heavy atom. The molecule has 0 aromatic heterocycles. The number of hydrogen-bond donors (Lipinski definition) is 3. The molecule has 1 saturated heterocycles. The molecule has 0 unspecified atom stereocenters. The summed E-state index contributed by atoms with van der Waals surface area (Å²) in [6.07, 6.45) is -0.793. The zero-order valence-corrected chi connectivity index (χ0v) is 10.9. The van der Waals surface area contributed by atoms with Crippen LogP contribution in [0, 0.1) is 0 Å². The van der Waals surface area contributed by atoms with Gasteiger partial charge in [0.25, 0.3) is 0 Å². The first kappa shape index (κ1) is 14.1. The molecule has 0 saturated carbocycles. The third-order valence-corrected chi connectivity index (χ3v) is 3.33. The van der Waals surface area contributed by atoms with Gasteiger partial charge in [-0.3, -0.25) is 4.90 Å². The Morgan fingerprint density at radius 3 is 2.45 bits per heavy atom. The van der Waals surface area contributed by atoms with Crippen LogP contribution in [0.5, 0.6) is 5.75 Å². The number of phenolic OH excluding ortho intramolecular Hbond substituents is 1. The summed E-state index contributed by atoms with van der Waals surface area (Å²) >= 11 is 0. The molecule has 20 heavy (non-hydrogen) atoms. The second-order valence-electron chi connectivity index (χ2n) is 4.75. The Labute approximate surface area is 115 Å². The van der Waals surface area contributed by atoms with E-state index in [0.717, 1.165) is 4.90 Å². The highest BCUT2D eigenvalue weighted by Gasteiger charge is 2.40. The van der Waals surface area contributed by atoms with Crippen molar-refractivity contribution in [3.63, 3.8) is 0 Å². The molecule has 1 aliphatic heterocycles. The van der Waals surface area contributed by atoms with E-state index in [1.165, 1.54) is 24.1 Å². The summed E-state index contributed by atoms with van der Waals surface area (Å²) in [6.45, 7) is -0.00176. The Balaban J connectivity index is 2.17. The topological polar surface area (TPSA) is 101 Å². The lowest BCUT2D eigenvalue weighted by atomic mass is 10.2. The van der Waals surface area contributed by atoms with Gasteiger partial charge in [-0.25, -0.2) is 9.59 Å². The van der Waals surface area contributed by atoms with Crippen LogP contribution in [0.15, 0.2) is 24.3 Å². The zero-order valence-electron chi connectivity index (χ0n) is 10.9. The monoisotopic (exact) mass is 280 g/mol. The van der Waals surface area contributed by atoms with Crippen molar-refractivity contribution in [3.05, 3.63) is 24.3 Å². The largest absolute Gasteiger partial charge is 0.508 e. The fourth-order valence-electron chi connectivity index (χ4n) is 2.24. The fourth-order valence-corrected chi connectivity index (χ4v) is 2.24. The minimum atomic E-state index is -1.13. The van der Waals surface area contributed by atoms with Gasteiger partial charge in [-0.05, 0) is 24.3 Å². The molecular formula is C13H16N2O5. The lowest BCUT2D eigenvalue weighted by Gasteiger charge is -2.27. The molecule has 2 rings (SSSR count). The van der Waals surface area contributed by atoms with Crippen molar-refractivity contribution in [2.45, 2.75) is 18.6 Å². The van der Waals surface area contributed by atoms with E-state index in [1.54, 1.807) is 12.1 Å². The van der Waals surface area contributed by atoms with Gasteiger partial charge in [0, 0.05) is 25.7 Å². The summed E-state index contributed by atoms with van der Waals surface area (Å²) < 4.78 is 0. The number of carbonyl (C=O) groups is 2. The van der Waals surface area contributed by atoms with Crippen LogP contribution in [0.3, 0.4) is 0 Å². The van der Waals surface area contributed by atoms with Crippen molar-refractivity contribution in [1.29, 1.82) is 0 Å². The lowest BCUT2D eigenvalue weighted by molar-refractivity contribution is -0.141. The van der Waals surface area contributed by atoms with Gasteiger partial charge in [0.05, 0.1) is 6.10 Å². The Hall–Kier alpha value is -2.28. The number of anilines is 1. The van der Waals surface area contributed by atoms with E-state index in [1.807, 2.05) is 0 Å². The zero-order chi connectivity index (χ0) is 14.9. The number of amides is 2. The Morgan fingerprint density at radius 2 is 1.90 bits per heavy atom. The van der Waals surface area contributed by atoms with Gasteiger partial charge in [-0.15, -0.1) is 0 Å². The number of aliphatic hydroxyl groups excluding tert-OH is 1. The van der Waals surface area contributed by atoms with Crippen molar-refractivity contribution in [1.82, 2.24) is 4.90 Å². The number of hydrogen-bond acceptors (Lipinski definition) is 4. The maximum atomic E-state index is 12.3. The quantitative estimate of drug-likeness (QED) is 0.731. The minimum absolute atomic E-state index is 0.00176. The highest BCUT2D eigenvalue weighted by molar-refractivity contribution is 5.94. The molecule has 0 radical (unpaired) electrons. The van der Waals surface area contributed by atoms with Crippen molar-refractivity contribution in [2.24, 2.45) is 0 Å². The predicted molar refractivity (Wildman–Crippen MR) is 70.7 cm³/mol. The van der Waals surface area contributed by atoms with Gasteiger partial charge >= 0.3 is 12.0 Å². The lowest BCUT2D eigenvalue weighted by Crippen LogP contribution is -2.47. The van der Waals surface area contributed by atoms with E-state index in [2.05, 4.69) is 0 Å². The summed E-state index contributed by atoms with van der Waals surface area (Å²) in [5, 5.41) is 27.8. The van der Waals surface area contributed by atoms with Crippen LogP contribution >= 0.6 is 0 Å². The summed E-state index contributed by atoms with van der Waals surface area (Å²) in [7, 11) is 1.51. The van der Waals surface area contributed by atoms with Gasteiger partial charge in [0.1, 0.15) is 11.8 Å². The smallest absolute Gasteiger partial charge is 0.326 e. The molecule has 7 heteroatoms. The molecule has 7 nitrogen and oxygen atoms in total. The van der Waals surface area contributed by atoms with Crippen molar-refractivity contribution in [2.75, 3.05) is 18.5 Å². The molecule has 2 amide bonds. The summed E-state index contributed by atoms with van der Waals surface area (Å²) in [5.74, 6) is -1.05. The van der Waals surface area contributed by atoms with Gasteiger partial charge in [-0.1, -0.05) is 0 Å². The maximum absolute atomic E-state index is 12.3. The van der Waals surface area contributed by atoms with Crippen LogP contribution in [-0.4, -0.2) is 58.0 Å². The number of urea groups is 1. The molecular weight excluding hydrogens is 264 g/mol. The highest BCUT2D eigenvalue weighted by Crippen LogP contribution is 2.23. The predicted octanol–water partition coefficient (Wildman–Crippen LogP) is 0.468. The highest BCUT2D eigenvalue weighted by atomic mass is 16.4. The number of carboxylic acid groups (broad SMARTS) is 1. The summed E-state index contributed by atoms with van der Waals surface area (Å²) in [6, 6.07) is 4.46. The van der Waals surface area contributed by atoms with Crippen molar-refractivity contribution in [3.8, 4) is 5.75 Å². The van der Waals surface area contributed by atoms with E-state index in [0.29, 0.717) is 5.69 Å². The fraction of sp³-hybridized carbons (Fsp3) is 0.385. The van der Waals surface area contributed by atoms with Crippen molar-refractivity contribution < 1.29 is 24.9 Å². The van der Waals surface area contributed by atoms with Crippen LogP contribution < -0.4 is 4.90 Å². The SMILES string of the molecule is CN(C(=O)N1C[C@H](O)C[C@H]1C(=O)O)c1ccc(O)cc1. The second-order valence-corrected chi connectivity index (χ2v) is 4.75. The molecule has 2 atom stereocenters. The van der Waals surface area contributed by atoms with Gasteiger partial charge in [0.2, 0.25) is 0 Å². The number of carboxylic acids is 1. The van der Waals surface area contributed by atoms with Crippen molar-refractivity contribution >= 4 is 17.7 Å². The van der Waals surface area contributed by atoms with E-state index >= 15 is 0 Å². The number of nitrogens with zero attached hydrogens (tertiary/aromatic N) is 2. The molecule has 1 aromatic rings. The molecule has 0 bridgehead atoms. The molecule has 0 spiro atoms. The number of β-amino-alcohol motifs (C(OH)–C–C–N with tert-alkyl or cyclic N) is 1. The molecule has 1 aromatic carbocycles. The number of aliphatic carboxylic acids is 1. The first-order valence-electron chi connectivity index (χ1n) is 6.14. The number of aromatic hydroxyl groups is 1. The molecule has 0 aliphatic carbocycles. The number of rotatable bonds is 2.